The van der Waals surface area contributed by atoms with Crippen LogP contribution >= 0.6 is 0 Å². The van der Waals surface area contributed by atoms with E-state index in [2.05, 4.69) is 0 Å². The molecular formula is C18H26O4. The monoisotopic (exact) mass is 306 g/mol. The molecule has 22 heavy (non-hydrogen) atoms. The van der Waals surface area contributed by atoms with Crippen molar-refractivity contribution in [1.82, 2.24) is 0 Å². The fourth-order valence-corrected chi connectivity index (χ4v) is 3.23. The van der Waals surface area contributed by atoms with E-state index in [0.29, 0.717) is 0 Å². The lowest BCUT2D eigenvalue weighted by Gasteiger charge is -2.60. The zero-order chi connectivity index (χ0) is 16.8. The lowest BCUT2D eigenvalue weighted by atomic mass is 9.60. The highest BCUT2D eigenvalue weighted by atomic mass is 16.6. The van der Waals surface area contributed by atoms with Gasteiger partial charge < -0.3 is 14.6 Å². The Morgan fingerprint density at radius 2 is 1.82 bits per heavy atom. The summed E-state index contributed by atoms with van der Waals surface area (Å²) in [4.78, 5) is 12.9. The van der Waals surface area contributed by atoms with Crippen LogP contribution < -0.4 is 0 Å². The zero-order valence-electron chi connectivity index (χ0n) is 14.2. The Bertz CT molecular complexity index is 542. The predicted molar refractivity (Wildman–Crippen MR) is 84.3 cm³/mol. The van der Waals surface area contributed by atoms with Crippen molar-refractivity contribution in [2.24, 2.45) is 5.41 Å². The average Bonchev–Trinajstić information content (AvgIpc) is 2.36. The molecule has 122 valence electrons. The van der Waals surface area contributed by atoms with E-state index < -0.39 is 34.8 Å². The molecule has 2 rings (SSSR count). The molecular weight excluding hydrogens is 280 g/mol. The Hall–Kier alpha value is -1.39. The molecule has 4 nitrogen and oxygen atoms in total. The van der Waals surface area contributed by atoms with Crippen molar-refractivity contribution in [2.75, 3.05) is 0 Å². The van der Waals surface area contributed by atoms with Gasteiger partial charge in [0.1, 0.15) is 5.60 Å². The van der Waals surface area contributed by atoms with Gasteiger partial charge in [-0.05, 0) is 33.3 Å². The molecule has 0 spiro atoms. The molecule has 1 aliphatic heterocycles. The summed E-state index contributed by atoms with van der Waals surface area (Å²) in [5, 5.41) is 9.92. The molecule has 3 atom stereocenters. The van der Waals surface area contributed by atoms with Crippen LogP contribution in [0.1, 0.15) is 47.1 Å². The van der Waals surface area contributed by atoms with E-state index in [1.165, 1.54) is 0 Å². The van der Waals surface area contributed by atoms with Gasteiger partial charge in [-0.15, -0.1) is 0 Å². The quantitative estimate of drug-likeness (QED) is 0.872. The molecule has 0 saturated carbocycles. The second kappa shape index (κ2) is 5.36. The molecule has 1 N–H and O–H groups in total. The second-order valence-corrected chi connectivity index (χ2v) is 7.55. The van der Waals surface area contributed by atoms with Gasteiger partial charge in [0.2, 0.25) is 0 Å². The number of hydrogen-bond donors (Lipinski definition) is 1. The van der Waals surface area contributed by atoms with Crippen LogP contribution in [0.4, 0.5) is 0 Å². The van der Waals surface area contributed by atoms with E-state index in [-0.39, 0.29) is 0 Å². The molecule has 1 heterocycles. The Morgan fingerprint density at radius 1 is 1.27 bits per heavy atom. The van der Waals surface area contributed by atoms with Gasteiger partial charge in [-0.25, -0.2) is 4.79 Å². The normalized spacial score (nSPS) is 28.6. The number of aliphatic hydroxyl groups is 1. The number of carbonyl (C=O) groups is 1. The van der Waals surface area contributed by atoms with Crippen molar-refractivity contribution in [3.05, 3.63) is 35.9 Å². The highest BCUT2D eigenvalue weighted by Crippen LogP contribution is 2.58. The number of benzene rings is 1. The molecule has 1 fully saturated rings. The average molecular weight is 306 g/mol. The summed E-state index contributed by atoms with van der Waals surface area (Å²) >= 11 is 0. The van der Waals surface area contributed by atoms with Crippen molar-refractivity contribution >= 4 is 5.97 Å². The van der Waals surface area contributed by atoms with Crippen LogP contribution in [0.2, 0.25) is 0 Å². The maximum atomic E-state index is 12.9. The van der Waals surface area contributed by atoms with Gasteiger partial charge in [-0.2, -0.15) is 0 Å². The van der Waals surface area contributed by atoms with E-state index in [4.69, 9.17) is 9.47 Å². The Morgan fingerprint density at radius 3 is 2.23 bits per heavy atom. The van der Waals surface area contributed by atoms with Crippen LogP contribution in [0.25, 0.3) is 0 Å². The first-order valence-corrected chi connectivity index (χ1v) is 7.67. The van der Waals surface area contributed by atoms with Crippen LogP contribution in [0.5, 0.6) is 0 Å². The van der Waals surface area contributed by atoms with Crippen molar-refractivity contribution in [3.63, 3.8) is 0 Å². The fraction of sp³-hybridized carbons (Fsp3) is 0.611. The van der Waals surface area contributed by atoms with Crippen LogP contribution in [-0.2, 0) is 19.9 Å². The van der Waals surface area contributed by atoms with Gasteiger partial charge in [-0.1, -0.05) is 44.2 Å². The summed E-state index contributed by atoms with van der Waals surface area (Å²) in [5.41, 5.74) is -1.62. The number of esters is 1. The zero-order valence-corrected chi connectivity index (χ0v) is 14.2. The first kappa shape index (κ1) is 17.0. The summed E-state index contributed by atoms with van der Waals surface area (Å²) in [6, 6.07) is 9.37. The summed E-state index contributed by atoms with van der Waals surface area (Å²) in [7, 11) is 0. The highest BCUT2D eigenvalue weighted by molar-refractivity contribution is 5.84. The summed E-state index contributed by atoms with van der Waals surface area (Å²) in [5.74, 6) is -0.409. The van der Waals surface area contributed by atoms with Crippen LogP contribution in [-0.4, -0.2) is 28.9 Å². The Labute approximate surface area is 132 Å². The minimum atomic E-state index is -1.19. The molecule has 1 aromatic rings. The van der Waals surface area contributed by atoms with Gasteiger partial charge in [0.15, 0.2) is 5.60 Å². The van der Waals surface area contributed by atoms with Crippen molar-refractivity contribution < 1.29 is 19.4 Å². The number of rotatable bonds is 3. The smallest absolute Gasteiger partial charge is 0.344 e. The maximum absolute atomic E-state index is 12.9. The first-order chi connectivity index (χ1) is 10.0. The third-order valence-corrected chi connectivity index (χ3v) is 4.23. The highest BCUT2D eigenvalue weighted by Gasteiger charge is 2.69. The minimum Gasteiger partial charge on any atom is -0.458 e. The minimum absolute atomic E-state index is 0.409. The number of aliphatic hydroxyl groups excluding tert-OH is 1. The second-order valence-electron chi connectivity index (χ2n) is 7.55. The van der Waals surface area contributed by atoms with Crippen molar-refractivity contribution in [2.45, 2.75) is 65.0 Å². The molecule has 1 saturated heterocycles. The van der Waals surface area contributed by atoms with Crippen molar-refractivity contribution in [3.8, 4) is 0 Å². The standard InChI is InChI=1S/C18H26O4/c1-12(19)14-17(5,6)18(21-14,13-10-8-7-9-11-13)15(20)22-16(2,3)4/h7-12,14,19H,1-6H3/t12?,14-,18-/m1/s1. The molecule has 1 unspecified atom stereocenters. The molecule has 1 aliphatic rings. The van der Waals surface area contributed by atoms with E-state index in [1.54, 1.807) is 6.92 Å². The van der Waals surface area contributed by atoms with E-state index >= 15 is 0 Å². The summed E-state index contributed by atoms with van der Waals surface area (Å²) in [6.07, 6.45) is -1.07. The van der Waals surface area contributed by atoms with Crippen LogP contribution in [0, 0.1) is 5.41 Å². The SMILES string of the molecule is CC(O)[C@H]1O[C@@](C(=O)OC(C)(C)C)(c2ccccc2)C1(C)C. The Balaban J connectivity index is 2.47. The molecule has 0 amide bonds. The molecule has 0 bridgehead atoms. The fourth-order valence-electron chi connectivity index (χ4n) is 3.23. The lowest BCUT2D eigenvalue weighted by molar-refractivity contribution is -0.331. The van der Waals surface area contributed by atoms with Crippen LogP contribution in [0.3, 0.4) is 0 Å². The van der Waals surface area contributed by atoms with E-state index in [9.17, 15) is 9.90 Å². The van der Waals surface area contributed by atoms with Crippen LogP contribution in [0.15, 0.2) is 30.3 Å². The van der Waals surface area contributed by atoms with E-state index in [0.717, 1.165) is 5.56 Å². The third-order valence-electron chi connectivity index (χ3n) is 4.23. The number of carbonyl (C=O) groups excluding carboxylic acids is 1. The molecule has 0 aliphatic carbocycles. The maximum Gasteiger partial charge on any atom is 0.344 e. The number of hydrogen-bond acceptors (Lipinski definition) is 4. The largest absolute Gasteiger partial charge is 0.458 e. The Kier molecular flexibility index (Phi) is 4.13. The predicted octanol–water partition coefficient (Wildman–Crippen LogP) is 3.03. The molecule has 0 radical (unpaired) electrons. The third kappa shape index (κ3) is 2.55. The van der Waals surface area contributed by atoms with Gasteiger partial charge >= 0.3 is 5.97 Å². The van der Waals surface area contributed by atoms with Gasteiger partial charge in [0.05, 0.1) is 12.2 Å². The number of ether oxygens (including phenoxy) is 2. The summed E-state index contributed by atoms with van der Waals surface area (Å²) < 4.78 is 11.6. The van der Waals surface area contributed by atoms with Gasteiger partial charge in [-0.3, -0.25) is 0 Å². The lowest BCUT2D eigenvalue weighted by Crippen LogP contribution is -2.71. The molecule has 1 aromatic carbocycles. The topological polar surface area (TPSA) is 55.8 Å². The van der Waals surface area contributed by atoms with Crippen molar-refractivity contribution in [1.29, 1.82) is 0 Å². The molecule has 4 heteroatoms. The first-order valence-electron chi connectivity index (χ1n) is 7.67. The summed E-state index contributed by atoms with van der Waals surface area (Å²) in [6.45, 7) is 11.1. The van der Waals surface area contributed by atoms with E-state index in [1.807, 2.05) is 65.0 Å². The molecule has 0 aromatic heterocycles. The van der Waals surface area contributed by atoms with Gasteiger partial charge in [0.25, 0.3) is 0 Å². The van der Waals surface area contributed by atoms with Gasteiger partial charge in [0, 0.05) is 5.41 Å².